The van der Waals surface area contributed by atoms with E-state index in [1.54, 1.807) is 32.9 Å². The molecule has 1 heterocycles. The molecule has 0 radical (unpaired) electrons. The smallest absolute Gasteiger partial charge is 0.408 e. The summed E-state index contributed by atoms with van der Waals surface area (Å²) in [7, 11) is 0. The summed E-state index contributed by atoms with van der Waals surface area (Å²) in [5.74, 6) is 0.966. The summed E-state index contributed by atoms with van der Waals surface area (Å²) in [6.45, 7) is 9.51. The first-order valence-electron chi connectivity index (χ1n) is 8.82. The zero-order chi connectivity index (χ0) is 20.0. The van der Waals surface area contributed by atoms with Crippen LogP contribution in [0.15, 0.2) is 33.9 Å². The monoisotopic (exact) mass is 395 g/mol. The van der Waals surface area contributed by atoms with Gasteiger partial charge < -0.3 is 14.5 Å². The molecule has 0 bridgehead atoms. The van der Waals surface area contributed by atoms with Crippen LogP contribution in [0.5, 0.6) is 0 Å². The van der Waals surface area contributed by atoms with Crippen molar-refractivity contribution in [3.8, 4) is 0 Å². The topological polar surface area (TPSA) is 77.2 Å². The first-order chi connectivity index (χ1) is 12.6. The van der Waals surface area contributed by atoms with E-state index in [9.17, 15) is 9.18 Å². The van der Waals surface area contributed by atoms with E-state index < -0.39 is 17.7 Å². The third kappa shape index (κ3) is 7.58. The quantitative estimate of drug-likeness (QED) is 0.656. The Labute approximate surface area is 163 Å². The molecule has 0 aliphatic heterocycles. The number of halogens is 1. The van der Waals surface area contributed by atoms with Crippen LogP contribution in [-0.4, -0.2) is 21.9 Å². The fourth-order valence-electron chi connectivity index (χ4n) is 2.29. The minimum absolute atomic E-state index is 0.270. The molecule has 6 nitrogen and oxygen atoms in total. The van der Waals surface area contributed by atoms with Crippen molar-refractivity contribution in [3.05, 3.63) is 41.5 Å². The van der Waals surface area contributed by atoms with E-state index in [2.05, 4.69) is 15.5 Å². The summed E-state index contributed by atoms with van der Waals surface area (Å²) in [6.07, 6.45) is 0.121. The van der Waals surface area contributed by atoms with Gasteiger partial charge in [-0.25, -0.2) is 9.18 Å². The molecule has 0 saturated carbocycles. The number of hydrogen-bond donors (Lipinski definition) is 1. The number of hydrogen-bond acceptors (Lipinski definition) is 6. The van der Waals surface area contributed by atoms with Crippen molar-refractivity contribution in [2.45, 2.75) is 63.7 Å². The Bertz CT molecular complexity index is 741. The molecule has 2 aromatic rings. The van der Waals surface area contributed by atoms with Gasteiger partial charge in [0.05, 0.1) is 0 Å². The number of nitrogens with one attached hydrogen (secondary N) is 1. The van der Waals surface area contributed by atoms with Crippen molar-refractivity contribution in [2.24, 2.45) is 5.92 Å². The number of rotatable bonds is 7. The van der Waals surface area contributed by atoms with Crippen LogP contribution in [0.1, 0.15) is 58.5 Å². The normalized spacial score (nSPS) is 12.9. The van der Waals surface area contributed by atoms with Gasteiger partial charge in [0.1, 0.15) is 17.5 Å². The van der Waals surface area contributed by atoms with Crippen LogP contribution in [0.2, 0.25) is 0 Å². The van der Waals surface area contributed by atoms with Gasteiger partial charge in [0.15, 0.2) is 0 Å². The molecule has 1 aromatic carbocycles. The maximum Gasteiger partial charge on any atom is 0.408 e. The van der Waals surface area contributed by atoms with Gasteiger partial charge in [-0.1, -0.05) is 37.7 Å². The Kier molecular flexibility index (Phi) is 7.24. The minimum Gasteiger partial charge on any atom is -0.444 e. The van der Waals surface area contributed by atoms with E-state index in [1.165, 1.54) is 23.9 Å². The summed E-state index contributed by atoms with van der Waals surface area (Å²) in [5, 5.41) is 11.3. The summed E-state index contributed by atoms with van der Waals surface area (Å²) in [5.41, 5.74) is 0.365. The average Bonchev–Trinajstić information content (AvgIpc) is 3.00. The molecule has 148 valence electrons. The fraction of sp³-hybridized carbons (Fsp3) is 0.526. The number of ether oxygens (including phenoxy) is 1. The molecule has 1 unspecified atom stereocenters. The van der Waals surface area contributed by atoms with Gasteiger partial charge in [-0.05, 0) is 50.8 Å². The lowest BCUT2D eigenvalue weighted by molar-refractivity contribution is 0.0487. The van der Waals surface area contributed by atoms with Gasteiger partial charge in [-0.2, -0.15) is 0 Å². The second-order valence-electron chi connectivity index (χ2n) is 7.65. The number of benzene rings is 1. The summed E-state index contributed by atoms with van der Waals surface area (Å²) >= 11 is 1.36. The van der Waals surface area contributed by atoms with Gasteiger partial charge in [0.25, 0.3) is 5.22 Å². The molecule has 0 aliphatic rings. The highest BCUT2D eigenvalue weighted by molar-refractivity contribution is 7.98. The molecule has 8 heteroatoms. The Hall–Kier alpha value is -2.09. The first kappa shape index (κ1) is 21.2. The molecule has 1 amide bonds. The Morgan fingerprint density at radius 1 is 1.26 bits per heavy atom. The maximum absolute atomic E-state index is 13.0. The van der Waals surface area contributed by atoms with E-state index in [4.69, 9.17) is 9.15 Å². The predicted molar refractivity (Wildman–Crippen MR) is 102 cm³/mol. The SMILES string of the molecule is CC(C)CC(NC(=O)OC(C)(C)C)c1nnc(SCc2ccc(F)cc2)o1. The molecule has 27 heavy (non-hydrogen) atoms. The van der Waals surface area contributed by atoms with Gasteiger partial charge >= 0.3 is 6.09 Å². The van der Waals surface area contributed by atoms with Crippen LogP contribution in [0.4, 0.5) is 9.18 Å². The van der Waals surface area contributed by atoms with E-state index in [0.29, 0.717) is 29.2 Å². The standard InChI is InChI=1S/C19H26FN3O3S/c1-12(2)10-15(21-17(24)26-19(3,4)5)16-22-23-18(25-16)27-11-13-6-8-14(20)9-7-13/h6-9,12,15H,10-11H2,1-5H3,(H,21,24). The molecule has 0 aliphatic carbocycles. The molecule has 1 N–H and O–H groups in total. The molecule has 0 spiro atoms. The Morgan fingerprint density at radius 2 is 1.93 bits per heavy atom. The van der Waals surface area contributed by atoms with Crippen LogP contribution in [-0.2, 0) is 10.5 Å². The highest BCUT2D eigenvalue weighted by Crippen LogP contribution is 2.26. The van der Waals surface area contributed by atoms with Crippen molar-refractivity contribution in [2.75, 3.05) is 0 Å². The number of amides is 1. The van der Waals surface area contributed by atoms with E-state index in [0.717, 1.165) is 5.56 Å². The average molecular weight is 396 g/mol. The van der Waals surface area contributed by atoms with Crippen LogP contribution in [0.25, 0.3) is 0 Å². The van der Waals surface area contributed by atoms with Crippen LogP contribution in [0.3, 0.4) is 0 Å². The molecule has 0 fully saturated rings. The number of aromatic nitrogens is 2. The zero-order valence-electron chi connectivity index (χ0n) is 16.3. The third-order valence-corrected chi connectivity index (χ3v) is 4.28. The third-order valence-electron chi connectivity index (χ3n) is 3.39. The lowest BCUT2D eigenvalue weighted by Gasteiger charge is -2.22. The van der Waals surface area contributed by atoms with E-state index in [1.807, 2.05) is 13.8 Å². The van der Waals surface area contributed by atoms with Crippen molar-refractivity contribution in [3.63, 3.8) is 0 Å². The summed E-state index contributed by atoms with van der Waals surface area (Å²) < 4.78 is 24.0. The molecule has 1 aromatic heterocycles. The lowest BCUT2D eigenvalue weighted by Crippen LogP contribution is -2.35. The van der Waals surface area contributed by atoms with Gasteiger partial charge in [0, 0.05) is 5.75 Å². The highest BCUT2D eigenvalue weighted by atomic mass is 32.2. The zero-order valence-corrected chi connectivity index (χ0v) is 17.1. The summed E-state index contributed by atoms with van der Waals surface area (Å²) in [4.78, 5) is 12.1. The lowest BCUT2D eigenvalue weighted by atomic mass is 10.0. The second-order valence-corrected chi connectivity index (χ2v) is 8.58. The summed E-state index contributed by atoms with van der Waals surface area (Å²) in [6, 6.07) is 5.83. The van der Waals surface area contributed by atoms with Crippen molar-refractivity contribution < 1.29 is 18.3 Å². The molecule has 1 atom stereocenters. The highest BCUT2D eigenvalue weighted by Gasteiger charge is 2.25. The molecule has 2 rings (SSSR count). The van der Waals surface area contributed by atoms with E-state index in [-0.39, 0.29) is 5.82 Å². The number of carbonyl (C=O) groups is 1. The number of alkyl carbamates (subject to hydrolysis) is 1. The van der Waals surface area contributed by atoms with Gasteiger partial charge in [-0.15, -0.1) is 10.2 Å². The Morgan fingerprint density at radius 3 is 2.52 bits per heavy atom. The minimum atomic E-state index is -0.586. The number of thioether (sulfide) groups is 1. The first-order valence-corrected chi connectivity index (χ1v) is 9.81. The maximum atomic E-state index is 13.0. The second kappa shape index (κ2) is 9.21. The largest absolute Gasteiger partial charge is 0.444 e. The van der Waals surface area contributed by atoms with E-state index >= 15 is 0 Å². The fourth-order valence-corrected chi connectivity index (χ4v) is 3.01. The van der Waals surface area contributed by atoms with Crippen molar-refractivity contribution >= 4 is 17.9 Å². The van der Waals surface area contributed by atoms with Crippen LogP contribution < -0.4 is 5.32 Å². The van der Waals surface area contributed by atoms with Gasteiger partial charge in [-0.3, -0.25) is 0 Å². The molecular weight excluding hydrogens is 369 g/mol. The Balaban J connectivity index is 2.01. The predicted octanol–water partition coefficient (Wildman–Crippen LogP) is 5.11. The van der Waals surface area contributed by atoms with Crippen molar-refractivity contribution in [1.82, 2.24) is 15.5 Å². The van der Waals surface area contributed by atoms with Crippen LogP contribution in [0, 0.1) is 11.7 Å². The molecule has 0 saturated heterocycles. The van der Waals surface area contributed by atoms with Crippen molar-refractivity contribution in [1.29, 1.82) is 0 Å². The van der Waals surface area contributed by atoms with Crippen LogP contribution >= 0.6 is 11.8 Å². The molecular formula is C19H26FN3O3S. The number of nitrogens with zero attached hydrogens (tertiary/aromatic N) is 2. The number of carbonyl (C=O) groups excluding carboxylic acids is 1. The van der Waals surface area contributed by atoms with Gasteiger partial charge in [0.2, 0.25) is 5.89 Å².